The van der Waals surface area contributed by atoms with Gasteiger partial charge in [-0.15, -0.1) is 11.3 Å². The first kappa shape index (κ1) is 19.5. The predicted octanol–water partition coefficient (Wildman–Crippen LogP) is 2.94. The highest BCUT2D eigenvalue weighted by Crippen LogP contribution is 2.28. The molecule has 0 unspecified atom stereocenters. The second-order valence-electron chi connectivity index (χ2n) is 7.07. The van der Waals surface area contributed by atoms with Crippen molar-refractivity contribution >= 4 is 28.3 Å². The molecule has 0 saturated heterocycles. The maximum atomic E-state index is 12.2. The second-order valence-corrected chi connectivity index (χ2v) is 7.93. The molecule has 1 aliphatic rings. The number of amides is 2. The minimum atomic E-state index is -0.0152. The SMILES string of the molecule is CC(=O)NCCc1ccc(-c2csc(NC(=O)C[C@@H]3CCC[C@H]3N)n2)cc1. The Hall–Kier alpha value is -2.25. The van der Waals surface area contributed by atoms with Gasteiger partial charge in [0.15, 0.2) is 5.13 Å². The maximum absolute atomic E-state index is 12.2. The minimum Gasteiger partial charge on any atom is -0.356 e. The van der Waals surface area contributed by atoms with Crippen LogP contribution in [0, 0.1) is 5.92 Å². The first-order valence-electron chi connectivity index (χ1n) is 9.36. The van der Waals surface area contributed by atoms with Gasteiger partial charge >= 0.3 is 0 Å². The first-order chi connectivity index (χ1) is 13.0. The number of hydrogen-bond donors (Lipinski definition) is 3. The highest BCUT2D eigenvalue weighted by Gasteiger charge is 2.26. The van der Waals surface area contributed by atoms with Gasteiger partial charge in [0.2, 0.25) is 11.8 Å². The first-order valence-corrected chi connectivity index (χ1v) is 10.2. The van der Waals surface area contributed by atoms with Gasteiger partial charge in [0.1, 0.15) is 0 Å². The number of benzene rings is 1. The van der Waals surface area contributed by atoms with E-state index in [-0.39, 0.29) is 23.8 Å². The summed E-state index contributed by atoms with van der Waals surface area (Å²) in [5, 5.41) is 8.26. The van der Waals surface area contributed by atoms with Crippen molar-refractivity contribution in [1.29, 1.82) is 0 Å². The van der Waals surface area contributed by atoms with Gasteiger partial charge in [-0.3, -0.25) is 9.59 Å². The third-order valence-corrected chi connectivity index (χ3v) is 5.71. The summed E-state index contributed by atoms with van der Waals surface area (Å²) in [4.78, 5) is 27.7. The fraction of sp³-hybridized carbons (Fsp3) is 0.450. The third-order valence-electron chi connectivity index (χ3n) is 4.95. The summed E-state index contributed by atoms with van der Waals surface area (Å²) in [5.74, 6) is 0.264. The van der Waals surface area contributed by atoms with Crippen LogP contribution in [-0.4, -0.2) is 29.4 Å². The van der Waals surface area contributed by atoms with E-state index in [1.165, 1.54) is 18.3 Å². The summed E-state index contributed by atoms with van der Waals surface area (Å²) in [6.45, 7) is 2.15. The van der Waals surface area contributed by atoms with Crippen molar-refractivity contribution in [3.63, 3.8) is 0 Å². The number of thiazole rings is 1. The van der Waals surface area contributed by atoms with E-state index < -0.39 is 0 Å². The van der Waals surface area contributed by atoms with Crippen LogP contribution in [0.3, 0.4) is 0 Å². The smallest absolute Gasteiger partial charge is 0.226 e. The molecular formula is C20H26N4O2S. The van der Waals surface area contributed by atoms with Crippen LogP contribution in [0.5, 0.6) is 0 Å². The Labute approximate surface area is 163 Å². The molecule has 2 atom stereocenters. The highest BCUT2D eigenvalue weighted by molar-refractivity contribution is 7.14. The molecule has 4 N–H and O–H groups in total. The normalized spacial score (nSPS) is 19.0. The summed E-state index contributed by atoms with van der Waals surface area (Å²) in [7, 11) is 0. The number of nitrogens with one attached hydrogen (secondary N) is 2. The van der Waals surface area contributed by atoms with Crippen molar-refractivity contribution in [2.75, 3.05) is 11.9 Å². The molecule has 7 heteroatoms. The van der Waals surface area contributed by atoms with E-state index in [1.54, 1.807) is 0 Å². The van der Waals surface area contributed by atoms with E-state index in [4.69, 9.17) is 5.73 Å². The summed E-state index contributed by atoms with van der Waals surface area (Å²) >= 11 is 1.43. The maximum Gasteiger partial charge on any atom is 0.226 e. The average Bonchev–Trinajstić information content (AvgIpc) is 3.25. The summed E-state index contributed by atoms with van der Waals surface area (Å²) in [6, 6.07) is 8.25. The predicted molar refractivity (Wildman–Crippen MR) is 109 cm³/mol. The third kappa shape index (κ3) is 5.61. The molecule has 1 aromatic carbocycles. The number of carbonyl (C=O) groups excluding carboxylic acids is 2. The zero-order valence-electron chi connectivity index (χ0n) is 15.5. The van der Waals surface area contributed by atoms with Gasteiger partial charge in [-0.05, 0) is 30.7 Å². The standard InChI is InChI=1S/C20H26N4O2S/c1-13(25)22-10-9-14-5-7-15(8-6-14)18-12-27-20(23-18)24-19(26)11-16-3-2-4-17(16)21/h5-8,12,16-17H,2-4,9-11,21H2,1H3,(H,22,25)(H,23,24,26)/t16-,17+/m0/s1. The van der Waals surface area contributed by atoms with Gasteiger partial charge in [-0.25, -0.2) is 4.98 Å². The van der Waals surface area contributed by atoms with Gasteiger partial charge < -0.3 is 16.4 Å². The van der Waals surface area contributed by atoms with Crippen LogP contribution in [0.4, 0.5) is 5.13 Å². The zero-order chi connectivity index (χ0) is 19.2. The molecular weight excluding hydrogens is 360 g/mol. The Bertz CT molecular complexity index is 788. The van der Waals surface area contributed by atoms with Gasteiger partial charge in [0.25, 0.3) is 0 Å². The van der Waals surface area contributed by atoms with Crippen molar-refractivity contribution in [1.82, 2.24) is 10.3 Å². The summed E-state index contributed by atoms with van der Waals surface area (Å²) in [6.07, 6.45) is 4.42. The molecule has 3 rings (SSSR count). The van der Waals surface area contributed by atoms with Crippen molar-refractivity contribution in [3.8, 4) is 11.3 Å². The van der Waals surface area contributed by atoms with Gasteiger partial charge in [0.05, 0.1) is 5.69 Å². The Morgan fingerprint density at radius 3 is 2.70 bits per heavy atom. The lowest BCUT2D eigenvalue weighted by Crippen LogP contribution is -2.28. The molecule has 6 nitrogen and oxygen atoms in total. The van der Waals surface area contributed by atoms with Crippen LogP contribution >= 0.6 is 11.3 Å². The van der Waals surface area contributed by atoms with E-state index in [2.05, 4.69) is 15.6 Å². The molecule has 1 heterocycles. The van der Waals surface area contributed by atoms with E-state index >= 15 is 0 Å². The molecule has 144 valence electrons. The molecule has 27 heavy (non-hydrogen) atoms. The minimum absolute atomic E-state index is 0.00781. The topological polar surface area (TPSA) is 97.1 Å². The van der Waals surface area contributed by atoms with Gasteiger partial charge in [0, 0.05) is 36.9 Å². The van der Waals surface area contributed by atoms with E-state index in [1.807, 2.05) is 29.6 Å². The lowest BCUT2D eigenvalue weighted by molar-refractivity contribution is -0.119. The quantitative estimate of drug-likeness (QED) is 0.681. The van der Waals surface area contributed by atoms with Crippen LogP contribution in [-0.2, 0) is 16.0 Å². The van der Waals surface area contributed by atoms with Crippen molar-refractivity contribution < 1.29 is 9.59 Å². The molecule has 0 radical (unpaired) electrons. The summed E-state index contributed by atoms with van der Waals surface area (Å²) in [5.41, 5.74) is 9.06. The van der Waals surface area contributed by atoms with Crippen LogP contribution in [0.2, 0.25) is 0 Å². The second kappa shape index (κ2) is 9.10. The van der Waals surface area contributed by atoms with E-state index in [0.717, 1.165) is 42.5 Å². The Balaban J connectivity index is 1.53. The number of nitrogens with zero attached hydrogens (tertiary/aromatic N) is 1. The lowest BCUT2D eigenvalue weighted by atomic mass is 10.00. The monoisotopic (exact) mass is 386 g/mol. The number of hydrogen-bond acceptors (Lipinski definition) is 5. The Kier molecular flexibility index (Phi) is 6.58. The number of aromatic nitrogens is 1. The zero-order valence-corrected chi connectivity index (χ0v) is 16.3. The molecule has 0 aliphatic heterocycles. The van der Waals surface area contributed by atoms with Gasteiger partial charge in [-0.1, -0.05) is 30.7 Å². The largest absolute Gasteiger partial charge is 0.356 e. The molecule has 2 amide bonds. The van der Waals surface area contributed by atoms with E-state index in [9.17, 15) is 9.59 Å². The summed E-state index contributed by atoms with van der Waals surface area (Å²) < 4.78 is 0. The fourth-order valence-corrected chi connectivity index (χ4v) is 4.15. The molecule has 1 aromatic heterocycles. The lowest BCUT2D eigenvalue weighted by Gasteiger charge is -2.13. The Morgan fingerprint density at radius 1 is 1.26 bits per heavy atom. The van der Waals surface area contributed by atoms with Crippen molar-refractivity contribution in [2.45, 2.75) is 45.1 Å². The number of nitrogens with two attached hydrogens (primary N) is 1. The highest BCUT2D eigenvalue weighted by atomic mass is 32.1. The average molecular weight is 387 g/mol. The molecule has 0 spiro atoms. The van der Waals surface area contributed by atoms with E-state index in [0.29, 0.717) is 18.1 Å². The van der Waals surface area contributed by atoms with Crippen molar-refractivity contribution in [3.05, 3.63) is 35.2 Å². The number of rotatable bonds is 7. The molecule has 1 saturated carbocycles. The number of carbonyl (C=O) groups is 2. The van der Waals surface area contributed by atoms with Crippen molar-refractivity contribution in [2.24, 2.45) is 11.7 Å². The van der Waals surface area contributed by atoms with Crippen LogP contribution < -0.4 is 16.4 Å². The molecule has 0 bridgehead atoms. The molecule has 1 fully saturated rings. The fourth-order valence-electron chi connectivity index (χ4n) is 3.42. The molecule has 2 aromatic rings. The van der Waals surface area contributed by atoms with Gasteiger partial charge in [-0.2, -0.15) is 0 Å². The Morgan fingerprint density at radius 2 is 2.04 bits per heavy atom. The van der Waals surface area contributed by atoms with Crippen LogP contribution in [0.25, 0.3) is 11.3 Å². The van der Waals surface area contributed by atoms with Crippen LogP contribution in [0.1, 0.15) is 38.2 Å². The number of anilines is 1. The van der Waals surface area contributed by atoms with Crippen LogP contribution in [0.15, 0.2) is 29.6 Å². The molecule has 1 aliphatic carbocycles.